The van der Waals surface area contributed by atoms with Gasteiger partial charge in [0.15, 0.2) is 0 Å². The van der Waals surface area contributed by atoms with Gasteiger partial charge in [-0.15, -0.1) is 0 Å². The second kappa shape index (κ2) is 7.43. The standard InChI is InChI=1S/C19H16F3NOSSe/c1-11-9-15(7-8-16(11)24)26-10-17-12(2)23-18(25-17)13-3-5-14(6-4-13)19(20,21)22/h3-9,24H,10H2,1-2H3. The van der Waals surface area contributed by atoms with E-state index >= 15 is 0 Å². The van der Waals surface area contributed by atoms with Gasteiger partial charge in [-0.3, -0.25) is 0 Å². The minimum absolute atomic E-state index is 0.202. The van der Waals surface area contributed by atoms with Crippen LogP contribution < -0.4 is 4.46 Å². The Balaban J connectivity index is 1.75. The third-order valence-electron chi connectivity index (χ3n) is 3.89. The molecular weight excluding hydrogens is 426 g/mol. The molecule has 2 aromatic carbocycles. The zero-order valence-corrected chi connectivity index (χ0v) is 16.6. The number of aromatic nitrogens is 1. The Morgan fingerprint density at radius 2 is 1.77 bits per heavy atom. The molecule has 0 radical (unpaired) electrons. The molecule has 1 heterocycles. The average Bonchev–Trinajstić information content (AvgIpc) is 2.96. The number of benzene rings is 2. The Hall–Kier alpha value is -1.82. The normalized spacial score (nSPS) is 11.7. The first-order chi connectivity index (χ1) is 12.2. The van der Waals surface area contributed by atoms with Crippen LogP contribution in [0.2, 0.25) is 0 Å². The number of thiazole rings is 1. The van der Waals surface area contributed by atoms with E-state index in [1.165, 1.54) is 27.9 Å². The molecule has 0 fully saturated rings. The number of aromatic hydroxyl groups is 1. The average molecular weight is 442 g/mol. The summed E-state index contributed by atoms with van der Waals surface area (Å²) in [6.45, 7) is 3.80. The number of nitrogens with zero attached hydrogens (tertiary/aromatic N) is 1. The van der Waals surface area contributed by atoms with Gasteiger partial charge in [-0.1, -0.05) is 0 Å². The number of hydrogen-bond acceptors (Lipinski definition) is 3. The summed E-state index contributed by atoms with van der Waals surface area (Å²) in [6, 6.07) is 10.8. The monoisotopic (exact) mass is 443 g/mol. The topological polar surface area (TPSA) is 33.1 Å². The third kappa shape index (κ3) is 4.29. The summed E-state index contributed by atoms with van der Waals surface area (Å²) in [6.07, 6.45) is -4.33. The van der Waals surface area contributed by atoms with Crippen LogP contribution in [0.5, 0.6) is 5.75 Å². The summed E-state index contributed by atoms with van der Waals surface area (Å²) >= 11 is 1.73. The minimum atomic E-state index is -4.33. The molecule has 1 N–H and O–H groups in total. The first kappa shape index (κ1) is 19.0. The van der Waals surface area contributed by atoms with Gasteiger partial charge in [-0.25, -0.2) is 0 Å². The molecule has 3 rings (SSSR count). The third-order valence-corrected chi connectivity index (χ3v) is 7.65. The van der Waals surface area contributed by atoms with E-state index < -0.39 is 11.7 Å². The quantitative estimate of drug-likeness (QED) is 0.596. The van der Waals surface area contributed by atoms with E-state index in [1.54, 1.807) is 6.07 Å². The summed E-state index contributed by atoms with van der Waals surface area (Å²) in [7, 11) is 0. The summed E-state index contributed by atoms with van der Waals surface area (Å²) in [5.74, 6) is 0.295. The molecule has 0 bridgehead atoms. The zero-order valence-electron chi connectivity index (χ0n) is 14.1. The van der Waals surface area contributed by atoms with Gasteiger partial charge in [0.05, 0.1) is 0 Å². The number of phenols is 1. The van der Waals surface area contributed by atoms with Crippen molar-refractivity contribution in [2.45, 2.75) is 25.3 Å². The summed E-state index contributed by atoms with van der Waals surface area (Å²) < 4.78 is 39.2. The van der Waals surface area contributed by atoms with Crippen LogP contribution in [0.15, 0.2) is 42.5 Å². The summed E-state index contributed by atoms with van der Waals surface area (Å²) in [5.41, 5.74) is 1.82. The van der Waals surface area contributed by atoms with E-state index in [-0.39, 0.29) is 15.0 Å². The van der Waals surface area contributed by atoms with Gasteiger partial charge in [0.25, 0.3) is 0 Å². The van der Waals surface area contributed by atoms with E-state index in [9.17, 15) is 18.3 Å². The number of rotatable bonds is 4. The van der Waals surface area contributed by atoms with Gasteiger partial charge in [-0.05, 0) is 0 Å². The van der Waals surface area contributed by atoms with Crippen molar-refractivity contribution in [3.05, 3.63) is 64.2 Å². The summed E-state index contributed by atoms with van der Waals surface area (Å²) in [4.78, 5) is 5.67. The van der Waals surface area contributed by atoms with E-state index in [0.717, 1.165) is 38.6 Å². The Kier molecular flexibility index (Phi) is 5.42. The van der Waals surface area contributed by atoms with Crippen LogP contribution in [0, 0.1) is 13.8 Å². The van der Waals surface area contributed by atoms with E-state index in [4.69, 9.17) is 0 Å². The van der Waals surface area contributed by atoms with Crippen molar-refractivity contribution < 1.29 is 18.3 Å². The van der Waals surface area contributed by atoms with Gasteiger partial charge >= 0.3 is 160 Å². The molecular formula is C19H16F3NOSSe. The van der Waals surface area contributed by atoms with Crippen LogP contribution in [-0.2, 0) is 11.5 Å². The van der Waals surface area contributed by atoms with E-state index in [1.807, 2.05) is 26.0 Å². The SMILES string of the molecule is Cc1cc([Se]Cc2sc(-c3ccc(C(F)(F)F)cc3)nc2C)ccc1O. The molecule has 3 aromatic rings. The zero-order chi connectivity index (χ0) is 18.9. The van der Waals surface area contributed by atoms with Crippen molar-refractivity contribution in [3.63, 3.8) is 0 Å². The van der Waals surface area contributed by atoms with Gasteiger partial charge in [-0.2, -0.15) is 0 Å². The van der Waals surface area contributed by atoms with Crippen LogP contribution in [0.3, 0.4) is 0 Å². The Morgan fingerprint density at radius 1 is 1.08 bits per heavy atom. The number of alkyl halides is 3. The molecule has 2 nitrogen and oxygen atoms in total. The van der Waals surface area contributed by atoms with Gasteiger partial charge in [0.2, 0.25) is 0 Å². The molecule has 0 atom stereocenters. The molecule has 0 saturated heterocycles. The predicted molar refractivity (Wildman–Crippen MR) is 99.2 cm³/mol. The van der Waals surface area contributed by atoms with Crippen LogP contribution in [-0.4, -0.2) is 25.0 Å². The first-order valence-electron chi connectivity index (χ1n) is 7.80. The maximum atomic E-state index is 12.7. The molecule has 7 heteroatoms. The number of aryl methyl sites for hydroxylation is 2. The first-order valence-corrected chi connectivity index (χ1v) is 10.7. The van der Waals surface area contributed by atoms with Crippen molar-refractivity contribution >= 4 is 30.8 Å². The Morgan fingerprint density at radius 3 is 2.38 bits per heavy atom. The second-order valence-electron chi connectivity index (χ2n) is 5.84. The predicted octanol–water partition coefficient (Wildman–Crippen LogP) is 4.68. The Labute approximate surface area is 159 Å². The molecule has 0 aliphatic heterocycles. The number of halogens is 3. The van der Waals surface area contributed by atoms with Crippen LogP contribution in [0.1, 0.15) is 21.7 Å². The summed E-state index contributed by atoms with van der Waals surface area (Å²) in [5, 5.41) is 11.2. The maximum absolute atomic E-state index is 12.7. The van der Waals surface area contributed by atoms with Gasteiger partial charge < -0.3 is 0 Å². The molecule has 0 saturated carbocycles. The Bertz CT molecular complexity index is 920. The van der Waals surface area contributed by atoms with Crippen molar-refractivity contribution in [2.24, 2.45) is 0 Å². The fourth-order valence-electron chi connectivity index (χ4n) is 2.35. The van der Waals surface area contributed by atoms with Crippen molar-refractivity contribution in [1.29, 1.82) is 0 Å². The fraction of sp³-hybridized carbons (Fsp3) is 0.211. The van der Waals surface area contributed by atoms with Crippen LogP contribution in [0.25, 0.3) is 10.6 Å². The van der Waals surface area contributed by atoms with Crippen molar-refractivity contribution in [1.82, 2.24) is 4.98 Å². The van der Waals surface area contributed by atoms with Gasteiger partial charge in [0.1, 0.15) is 0 Å². The van der Waals surface area contributed by atoms with Crippen LogP contribution >= 0.6 is 11.3 Å². The molecule has 0 unspecified atom stereocenters. The fourth-order valence-corrected chi connectivity index (χ4v) is 5.91. The molecule has 0 amide bonds. The molecule has 1 aromatic heterocycles. The number of phenolic OH excluding ortho intramolecular Hbond substituents is 1. The molecule has 0 aliphatic rings. The van der Waals surface area contributed by atoms with Gasteiger partial charge in [0, 0.05) is 0 Å². The van der Waals surface area contributed by atoms with Crippen LogP contribution in [0.4, 0.5) is 13.2 Å². The van der Waals surface area contributed by atoms with Crippen molar-refractivity contribution in [2.75, 3.05) is 0 Å². The molecule has 26 heavy (non-hydrogen) atoms. The molecule has 0 spiro atoms. The number of hydrogen-bond donors (Lipinski definition) is 1. The molecule has 0 aliphatic carbocycles. The van der Waals surface area contributed by atoms with Crippen molar-refractivity contribution in [3.8, 4) is 16.3 Å². The van der Waals surface area contributed by atoms with E-state index in [2.05, 4.69) is 4.98 Å². The second-order valence-corrected chi connectivity index (χ2v) is 9.12. The molecule has 136 valence electrons. The van der Waals surface area contributed by atoms with E-state index in [0.29, 0.717) is 11.3 Å².